The van der Waals surface area contributed by atoms with Crippen LogP contribution in [0, 0.1) is 11.2 Å². The molecule has 0 fully saturated rings. The maximum absolute atomic E-state index is 11.9. The van der Waals surface area contributed by atoms with Gasteiger partial charge >= 0.3 is 0 Å². The molecule has 2 unspecified atom stereocenters. The van der Waals surface area contributed by atoms with Crippen molar-refractivity contribution in [2.24, 2.45) is 0 Å². The predicted octanol–water partition coefficient (Wildman–Crippen LogP) is 2.66. The molecule has 0 aromatic carbocycles. The predicted molar refractivity (Wildman–Crippen MR) is 101 cm³/mol. The van der Waals surface area contributed by atoms with Gasteiger partial charge in [0.1, 0.15) is 12.3 Å². The largest absolute Gasteiger partial charge is 0.372 e. The molecule has 0 spiro atoms. The van der Waals surface area contributed by atoms with E-state index in [4.69, 9.17) is 5.26 Å². The standard InChI is InChI=1S/C18H27BN4O2/c1-4-19(13-20)10-9-14(2)16-8-7-15(12-22-16)23-17(6-5-11-24)18(25)21-3/h7-8,11-12,14,17,23H,4-6,9-10H2,1-3H3,(H,21,25). The Morgan fingerprint density at radius 3 is 2.72 bits per heavy atom. The normalized spacial score (nSPS) is 12.6. The van der Waals surface area contributed by atoms with Crippen molar-refractivity contribution < 1.29 is 9.59 Å². The van der Waals surface area contributed by atoms with Gasteiger partial charge < -0.3 is 15.4 Å². The van der Waals surface area contributed by atoms with Gasteiger partial charge in [0.05, 0.1) is 11.9 Å². The minimum atomic E-state index is -0.457. The van der Waals surface area contributed by atoms with Gasteiger partial charge in [0, 0.05) is 25.1 Å². The van der Waals surface area contributed by atoms with E-state index in [0.29, 0.717) is 12.8 Å². The summed E-state index contributed by atoms with van der Waals surface area (Å²) in [6.07, 6.45) is 5.96. The van der Waals surface area contributed by atoms with Gasteiger partial charge in [-0.2, -0.15) is 0 Å². The summed E-state index contributed by atoms with van der Waals surface area (Å²) in [5, 5.41) is 14.7. The van der Waals surface area contributed by atoms with E-state index in [1.165, 1.54) is 0 Å². The van der Waals surface area contributed by atoms with E-state index in [9.17, 15) is 9.59 Å². The SMILES string of the molecule is CCB(C#N)CCC(C)c1ccc(NC(CCC=O)C(=O)NC)cn1. The number of hydrogen-bond acceptors (Lipinski definition) is 5. The van der Waals surface area contributed by atoms with Crippen LogP contribution in [-0.2, 0) is 9.59 Å². The van der Waals surface area contributed by atoms with Crippen molar-refractivity contribution >= 4 is 24.6 Å². The molecule has 25 heavy (non-hydrogen) atoms. The lowest BCUT2D eigenvalue weighted by atomic mass is 9.46. The van der Waals surface area contributed by atoms with E-state index in [0.717, 1.165) is 36.7 Å². The Morgan fingerprint density at radius 1 is 1.44 bits per heavy atom. The number of rotatable bonds is 11. The molecule has 0 aliphatic rings. The van der Waals surface area contributed by atoms with E-state index in [-0.39, 0.29) is 18.5 Å². The second kappa shape index (κ2) is 11.2. The summed E-state index contributed by atoms with van der Waals surface area (Å²) in [5.74, 6) is 2.46. The van der Waals surface area contributed by atoms with Crippen molar-refractivity contribution in [2.45, 2.75) is 57.7 Å². The minimum absolute atomic E-state index is 0.106. The molecule has 0 aliphatic heterocycles. The van der Waals surface area contributed by atoms with Gasteiger partial charge in [-0.05, 0) is 24.5 Å². The van der Waals surface area contributed by atoms with E-state index in [1.54, 1.807) is 13.2 Å². The van der Waals surface area contributed by atoms with Crippen LogP contribution < -0.4 is 10.6 Å². The molecule has 1 amide bonds. The third-order valence-corrected chi connectivity index (χ3v) is 4.39. The van der Waals surface area contributed by atoms with Gasteiger partial charge in [0.2, 0.25) is 5.91 Å². The zero-order chi connectivity index (χ0) is 18.7. The molecule has 0 saturated carbocycles. The minimum Gasteiger partial charge on any atom is -0.372 e. The molecular formula is C18H27BN4O2. The summed E-state index contributed by atoms with van der Waals surface area (Å²) in [7, 11) is 1.58. The highest BCUT2D eigenvalue weighted by Crippen LogP contribution is 2.22. The van der Waals surface area contributed by atoms with Crippen LogP contribution in [0.3, 0.4) is 0 Å². The smallest absolute Gasteiger partial charge is 0.267 e. The topological polar surface area (TPSA) is 94.9 Å². The fraction of sp³-hybridized carbons (Fsp3) is 0.556. The van der Waals surface area contributed by atoms with Gasteiger partial charge in [-0.3, -0.25) is 9.78 Å². The van der Waals surface area contributed by atoms with Crippen LogP contribution in [0.25, 0.3) is 0 Å². The first-order chi connectivity index (χ1) is 12.0. The van der Waals surface area contributed by atoms with Gasteiger partial charge in [-0.1, -0.05) is 32.9 Å². The van der Waals surface area contributed by atoms with Crippen LogP contribution in [0.2, 0.25) is 12.6 Å². The van der Waals surface area contributed by atoms with Crippen molar-refractivity contribution in [3.63, 3.8) is 0 Å². The second-order valence-corrected chi connectivity index (χ2v) is 6.24. The number of nitriles is 1. The van der Waals surface area contributed by atoms with Crippen molar-refractivity contribution in [3.8, 4) is 5.97 Å². The number of aromatic nitrogens is 1. The first-order valence-electron chi connectivity index (χ1n) is 8.82. The zero-order valence-corrected chi connectivity index (χ0v) is 15.3. The van der Waals surface area contributed by atoms with Gasteiger partial charge in [-0.15, -0.1) is 0 Å². The monoisotopic (exact) mass is 342 g/mol. The Hall–Kier alpha value is -2.36. The third kappa shape index (κ3) is 6.96. The summed E-state index contributed by atoms with van der Waals surface area (Å²) in [6.45, 7) is 4.25. The Balaban J connectivity index is 2.66. The summed E-state index contributed by atoms with van der Waals surface area (Å²) in [4.78, 5) is 26.9. The van der Waals surface area contributed by atoms with Crippen LogP contribution in [0.5, 0.6) is 0 Å². The average Bonchev–Trinajstić information content (AvgIpc) is 2.65. The van der Waals surface area contributed by atoms with E-state index >= 15 is 0 Å². The van der Waals surface area contributed by atoms with Gasteiger partial charge in [0.15, 0.2) is 0 Å². The number of nitrogens with zero attached hydrogens (tertiary/aromatic N) is 2. The molecule has 1 aromatic heterocycles. The Bertz CT molecular complexity index is 586. The Morgan fingerprint density at radius 2 is 2.20 bits per heavy atom. The maximum Gasteiger partial charge on any atom is 0.267 e. The summed E-state index contributed by atoms with van der Waals surface area (Å²) in [5.41, 5.74) is 1.72. The number of aldehydes is 1. The third-order valence-electron chi connectivity index (χ3n) is 4.39. The maximum atomic E-state index is 11.9. The van der Waals surface area contributed by atoms with E-state index < -0.39 is 6.04 Å². The van der Waals surface area contributed by atoms with Crippen LogP contribution in [0.1, 0.15) is 44.7 Å². The summed E-state index contributed by atoms with van der Waals surface area (Å²) >= 11 is 0. The fourth-order valence-corrected chi connectivity index (χ4v) is 2.62. The number of pyridine rings is 1. The van der Waals surface area contributed by atoms with Crippen molar-refractivity contribution in [1.82, 2.24) is 10.3 Å². The molecule has 134 valence electrons. The number of likely N-dealkylation sites (N-methyl/N-ethyl adjacent to an activating group) is 1. The number of hydrogen-bond donors (Lipinski definition) is 2. The van der Waals surface area contributed by atoms with Crippen LogP contribution >= 0.6 is 0 Å². The molecule has 2 atom stereocenters. The van der Waals surface area contributed by atoms with E-state index in [1.807, 2.05) is 19.1 Å². The Labute approximate surface area is 150 Å². The fourth-order valence-electron chi connectivity index (χ4n) is 2.62. The summed E-state index contributed by atoms with van der Waals surface area (Å²) in [6, 6.07) is 3.39. The zero-order valence-electron chi connectivity index (χ0n) is 15.3. The lowest BCUT2D eigenvalue weighted by molar-refractivity contribution is -0.121. The number of amides is 1. The van der Waals surface area contributed by atoms with Crippen molar-refractivity contribution in [2.75, 3.05) is 12.4 Å². The molecule has 1 rings (SSSR count). The van der Waals surface area contributed by atoms with Gasteiger partial charge in [-0.25, -0.2) is 5.26 Å². The average molecular weight is 342 g/mol. The molecule has 0 bridgehead atoms. The molecule has 1 heterocycles. The molecular weight excluding hydrogens is 315 g/mol. The van der Waals surface area contributed by atoms with Crippen molar-refractivity contribution in [3.05, 3.63) is 24.0 Å². The van der Waals surface area contributed by atoms with Crippen LogP contribution in [-0.4, -0.2) is 37.0 Å². The molecule has 0 saturated heterocycles. The number of carbonyl (C=O) groups excluding carboxylic acids is 2. The number of anilines is 1. The second-order valence-electron chi connectivity index (χ2n) is 6.24. The first-order valence-corrected chi connectivity index (χ1v) is 8.82. The number of carbonyl (C=O) groups is 2. The number of nitrogens with one attached hydrogen (secondary N) is 2. The molecule has 6 nitrogen and oxygen atoms in total. The highest BCUT2D eigenvalue weighted by molar-refractivity contribution is 6.66. The molecule has 1 aromatic rings. The first kappa shape index (κ1) is 20.7. The Kier molecular flexibility index (Phi) is 9.30. The van der Waals surface area contributed by atoms with Crippen LogP contribution in [0.15, 0.2) is 18.3 Å². The lowest BCUT2D eigenvalue weighted by Crippen LogP contribution is -2.37. The molecule has 0 aliphatic carbocycles. The van der Waals surface area contributed by atoms with E-state index in [2.05, 4.69) is 28.5 Å². The molecule has 0 radical (unpaired) electrons. The highest BCUT2D eigenvalue weighted by Gasteiger charge is 2.17. The summed E-state index contributed by atoms with van der Waals surface area (Å²) < 4.78 is 0. The highest BCUT2D eigenvalue weighted by atomic mass is 16.2. The van der Waals surface area contributed by atoms with Crippen LogP contribution in [0.4, 0.5) is 5.69 Å². The quantitative estimate of drug-likeness (QED) is 0.476. The van der Waals surface area contributed by atoms with Gasteiger partial charge in [0.25, 0.3) is 6.71 Å². The molecule has 2 N–H and O–H groups in total. The molecule has 7 heteroatoms. The lowest BCUT2D eigenvalue weighted by Gasteiger charge is -2.18. The van der Waals surface area contributed by atoms with Crippen molar-refractivity contribution in [1.29, 1.82) is 5.26 Å².